The van der Waals surface area contributed by atoms with Crippen LogP contribution in [0.1, 0.15) is 22.0 Å². The van der Waals surface area contributed by atoms with E-state index in [1.165, 1.54) is 0 Å². The van der Waals surface area contributed by atoms with E-state index in [1.807, 2.05) is 19.4 Å². The fourth-order valence-electron chi connectivity index (χ4n) is 1.75. The third-order valence-corrected chi connectivity index (χ3v) is 3.98. The van der Waals surface area contributed by atoms with E-state index < -0.39 is 0 Å². The van der Waals surface area contributed by atoms with Crippen molar-refractivity contribution in [3.05, 3.63) is 33.7 Å². The van der Waals surface area contributed by atoms with E-state index in [9.17, 15) is 4.39 Å². The largest absolute Gasteiger partial charge is 0.383 e. The van der Waals surface area contributed by atoms with Crippen molar-refractivity contribution >= 4 is 17.2 Å². The SMILES string of the molecule is Cc1ncc(C[n+]2csc(CCF)c2C)c(N)n1. The Morgan fingerprint density at radius 3 is 2.89 bits per heavy atom. The van der Waals surface area contributed by atoms with Gasteiger partial charge in [-0.15, -0.1) is 0 Å². The fourth-order valence-corrected chi connectivity index (χ4v) is 2.72. The molecule has 2 aromatic heterocycles. The second-order valence-corrected chi connectivity index (χ2v) is 5.07. The first-order chi connectivity index (χ1) is 8.61. The Kier molecular flexibility index (Phi) is 3.86. The summed E-state index contributed by atoms with van der Waals surface area (Å²) in [6.45, 7) is 4.10. The molecule has 0 aliphatic heterocycles. The first kappa shape index (κ1) is 12.9. The average Bonchev–Trinajstić information content (AvgIpc) is 2.66. The fraction of sp³-hybridized carbons (Fsp3) is 0.417. The molecule has 0 fully saturated rings. The number of rotatable bonds is 4. The number of nitrogens with two attached hydrogens (primary N) is 1. The van der Waals surface area contributed by atoms with E-state index in [0.29, 0.717) is 24.6 Å². The highest BCUT2D eigenvalue weighted by Gasteiger charge is 2.17. The number of nitrogens with zero attached hydrogens (tertiary/aromatic N) is 3. The van der Waals surface area contributed by atoms with Gasteiger partial charge in [0.25, 0.3) is 0 Å². The predicted molar refractivity (Wildman–Crippen MR) is 69.2 cm³/mol. The summed E-state index contributed by atoms with van der Waals surface area (Å²) in [6.07, 6.45) is 2.22. The van der Waals surface area contributed by atoms with E-state index in [-0.39, 0.29) is 6.67 Å². The lowest BCUT2D eigenvalue weighted by Gasteiger charge is -2.01. The summed E-state index contributed by atoms with van der Waals surface area (Å²) in [4.78, 5) is 9.36. The Labute approximate surface area is 109 Å². The molecule has 0 saturated carbocycles. The minimum atomic E-state index is -0.322. The van der Waals surface area contributed by atoms with Crippen LogP contribution in [0.5, 0.6) is 0 Å². The Bertz CT molecular complexity index is 553. The quantitative estimate of drug-likeness (QED) is 0.856. The highest BCUT2D eigenvalue weighted by atomic mass is 32.1. The van der Waals surface area contributed by atoms with E-state index in [4.69, 9.17) is 5.73 Å². The number of anilines is 1. The summed E-state index contributed by atoms with van der Waals surface area (Å²) in [7, 11) is 0. The monoisotopic (exact) mass is 267 g/mol. The molecule has 0 bridgehead atoms. The number of aromatic nitrogens is 3. The van der Waals surface area contributed by atoms with Crippen LogP contribution < -0.4 is 10.3 Å². The van der Waals surface area contributed by atoms with Gasteiger partial charge >= 0.3 is 0 Å². The van der Waals surface area contributed by atoms with Crippen molar-refractivity contribution in [1.82, 2.24) is 9.97 Å². The number of thiazole rings is 1. The van der Waals surface area contributed by atoms with Crippen LogP contribution in [-0.2, 0) is 13.0 Å². The smallest absolute Gasteiger partial charge is 0.225 e. The lowest BCUT2D eigenvalue weighted by Crippen LogP contribution is -2.35. The zero-order chi connectivity index (χ0) is 13.1. The summed E-state index contributed by atoms with van der Waals surface area (Å²) in [5.74, 6) is 1.18. The maximum Gasteiger partial charge on any atom is 0.225 e. The standard InChI is InChI=1S/C12H16FN4S/c1-8-11(3-4-13)18-7-17(8)6-10-5-15-9(2)16-12(10)14/h5,7H,3-4,6H2,1-2H3,(H2,14,15,16)/q+1. The summed E-state index contributed by atoms with van der Waals surface area (Å²) in [5.41, 5.74) is 9.82. The molecule has 0 aliphatic carbocycles. The third-order valence-electron chi connectivity index (χ3n) is 2.84. The molecule has 0 unspecified atom stereocenters. The molecule has 96 valence electrons. The molecule has 0 aliphatic rings. The first-order valence-electron chi connectivity index (χ1n) is 5.72. The van der Waals surface area contributed by atoms with E-state index in [2.05, 4.69) is 14.5 Å². The maximum absolute atomic E-state index is 12.4. The summed E-state index contributed by atoms with van der Waals surface area (Å²) >= 11 is 1.57. The topological polar surface area (TPSA) is 55.7 Å². The van der Waals surface area contributed by atoms with Crippen LogP contribution in [0.4, 0.5) is 10.2 Å². The van der Waals surface area contributed by atoms with Crippen LogP contribution in [0.25, 0.3) is 0 Å². The van der Waals surface area contributed by atoms with E-state index in [0.717, 1.165) is 16.1 Å². The Balaban J connectivity index is 2.23. The summed E-state index contributed by atoms with van der Waals surface area (Å²) in [6, 6.07) is 0. The van der Waals surface area contributed by atoms with Crippen LogP contribution in [0.2, 0.25) is 0 Å². The number of hydrogen-bond donors (Lipinski definition) is 1. The molecule has 0 radical (unpaired) electrons. The van der Waals surface area contributed by atoms with Gasteiger partial charge in [0.2, 0.25) is 5.51 Å². The highest BCUT2D eigenvalue weighted by Crippen LogP contribution is 2.14. The van der Waals surface area contributed by atoms with Crippen molar-refractivity contribution in [2.24, 2.45) is 0 Å². The van der Waals surface area contributed by atoms with Gasteiger partial charge < -0.3 is 5.73 Å². The molecular weight excluding hydrogens is 251 g/mol. The van der Waals surface area contributed by atoms with Gasteiger partial charge in [-0.3, -0.25) is 4.39 Å². The minimum Gasteiger partial charge on any atom is -0.383 e. The molecular formula is C12H16FN4S+. The number of halogens is 1. The van der Waals surface area contributed by atoms with Crippen LogP contribution in [0, 0.1) is 13.8 Å². The molecule has 18 heavy (non-hydrogen) atoms. The molecule has 0 amide bonds. The van der Waals surface area contributed by atoms with Crippen molar-refractivity contribution in [1.29, 1.82) is 0 Å². The van der Waals surface area contributed by atoms with Gasteiger partial charge in [0.05, 0.1) is 17.1 Å². The zero-order valence-electron chi connectivity index (χ0n) is 10.5. The zero-order valence-corrected chi connectivity index (χ0v) is 11.3. The molecule has 0 aromatic carbocycles. The maximum atomic E-state index is 12.4. The van der Waals surface area contributed by atoms with Gasteiger partial charge in [-0.05, 0) is 6.92 Å². The van der Waals surface area contributed by atoms with Crippen molar-refractivity contribution in [3.63, 3.8) is 0 Å². The molecule has 6 heteroatoms. The van der Waals surface area contributed by atoms with Crippen LogP contribution in [-0.4, -0.2) is 16.6 Å². The van der Waals surface area contributed by atoms with Crippen molar-refractivity contribution in [2.75, 3.05) is 12.4 Å². The minimum absolute atomic E-state index is 0.322. The molecule has 2 N–H and O–H groups in total. The van der Waals surface area contributed by atoms with Gasteiger partial charge in [0, 0.05) is 19.5 Å². The molecule has 4 nitrogen and oxygen atoms in total. The normalized spacial score (nSPS) is 10.8. The molecule has 2 heterocycles. The average molecular weight is 267 g/mol. The molecule has 0 atom stereocenters. The lowest BCUT2D eigenvalue weighted by atomic mass is 10.2. The first-order valence-corrected chi connectivity index (χ1v) is 6.60. The Morgan fingerprint density at radius 2 is 2.22 bits per heavy atom. The van der Waals surface area contributed by atoms with Gasteiger partial charge in [-0.2, -0.15) is 4.57 Å². The van der Waals surface area contributed by atoms with Crippen LogP contribution in [0.3, 0.4) is 0 Å². The van der Waals surface area contributed by atoms with Crippen LogP contribution >= 0.6 is 11.3 Å². The third kappa shape index (κ3) is 2.64. The second-order valence-electron chi connectivity index (χ2n) is 4.13. The van der Waals surface area contributed by atoms with Gasteiger partial charge in [-0.25, -0.2) is 9.97 Å². The van der Waals surface area contributed by atoms with Gasteiger partial charge in [-0.1, -0.05) is 11.3 Å². The number of hydrogen-bond acceptors (Lipinski definition) is 4. The van der Waals surface area contributed by atoms with Crippen molar-refractivity contribution in [3.8, 4) is 0 Å². The van der Waals surface area contributed by atoms with E-state index in [1.54, 1.807) is 17.5 Å². The second kappa shape index (κ2) is 5.39. The highest BCUT2D eigenvalue weighted by molar-refractivity contribution is 7.09. The van der Waals surface area contributed by atoms with Crippen molar-refractivity contribution in [2.45, 2.75) is 26.8 Å². The number of alkyl halides is 1. The summed E-state index contributed by atoms with van der Waals surface area (Å²) in [5, 5.41) is 0. The molecule has 0 saturated heterocycles. The Hall–Kier alpha value is -1.56. The Morgan fingerprint density at radius 1 is 1.44 bits per heavy atom. The predicted octanol–water partition coefficient (Wildman–Crippen LogP) is 1.58. The lowest BCUT2D eigenvalue weighted by molar-refractivity contribution is -0.689. The molecule has 2 rings (SSSR count). The molecule has 0 spiro atoms. The summed E-state index contributed by atoms with van der Waals surface area (Å²) < 4.78 is 14.4. The van der Waals surface area contributed by atoms with Crippen molar-refractivity contribution < 1.29 is 8.96 Å². The number of nitrogen functional groups attached to an aromatic ring is 1. The van der Waals surface area contributed by atoms with Crippen LogP contribution in [0.15, 0.2) is 11.7 Å². The number of aryl methyl sites for hydroxylation is 2. The van der Waals surface area contributed by atoms with Gasteiger partial charge in [0.15, 0.2) is 12.2 Å². The van der Waals surface area contributed by atoms with E-state index >= 15 is 0 Å². The molecule has 2 aromatic rings. The van der Waals surface area contributed by atoms with Gasteiger partial charge in [0.1, 0.15) is 11.6 Å².